The number of fused-ring (bicyclic) bond motifs is 1. The topological polar surface area (TPSA) is 63.8 Å². The SMILES string of the molecule is Nc1ccc(F)c2ccnc(NCc3ccncc3)c12. The molecule has 2 aromatic heterocycles. The number of nitrogens with zero attached hydrogens (tertiary/aromatic N) is 2. The third-order valence-electron chi connectivity index (χ3n) is 3.12. The minimum absolute atomic E-state index is 0.302. The molecule has 0 radical (unpaired) electrons. The highest BCUT2D eigenvalue weighted by atomic mass is 19.1. The number of hydrogen-bond acceptors (Lipinski definition) is 4. The van der Waals surface area contributed by atoms with Crippen molar-refractivity contribution >= 4 is 22.3 Å². The van der Waals surface area contributed by atoms with Crippen LogP contribution in [-0.2, 0) is 6.54 Å². The van der Waals surface area contributed by atoms with Crippen LogP contribution in [0.5, 0.6) is 0 Å². The molecule has 100 valence electrons. The van der Waals surface area contributed by atoms with Gasteiger partial charge in [0.1, 0.15) is 11.6 Å². The molecular weight excluding hydrogens is 255 g/mol. The van der Waals surface area contributed by atoms with E-state index in [1.807, 2.05) is 12.1 Å². The zero-order chi connectivity index (χ0) is 13.9. The molecule has 20 heavy (non-hydrogen) atoms. The Labute approximate surface area is 115 Å². The van der Waals surface area contributed by atoms with Gasteiger partial charge in [0.05, 0.1) is 5.39 Å². The van der Waals surface area contributed by atoms with E-state index in [4.69, 9.17) is 5.73 Å². The minimum atomic E-state index is -0.302. The highest BCUT2D eigenvalue weighted by Gasteiger charge is 2.09. The largest absolute Gasteiger partial charge is 0.398 e. The molecule has 0 aliphatic heterocycles. The third kappa shape index (κ3) is 2.25. The van der Waals surface area contributed by atoms with Gasteiger partial charge in [0.15, 0.2) is 0 Å². The Kier molecular flexibility index (Phi) is 3.16. The first-order valence-electron chi connectivity index (χ1n) is 6.21. The van der Waals surface area contributed by atoms with E-state index in [1.54, 1.807) is 30.7 Å². The molecule has 0 bridgehead atoms. The van der Waals surface area contributed by atoms with E-state index in [9.17, 15) is 4.39 Å². The normalized spacial score (nSPS) is 10.7. The lowest BCUT2D eigenvalue weighted by Crippen LogP contribution is -2.03. The summed E-state index contributed by atoms with van der Waals surface area (Å²) in [5.74, 6) is 0.278. The molecule has 0 spiro atoms. The summed E-state index contributed by atoms with van der Waals surface area (Å²) >= 11 is 0. The molecule has 4 nitrogen and oxygen atoms in total. The molecule has 0 saturated heterocycles. The highest BCUT2D eigenvalue weighted by Crippen LogP contribution is 2.29. The Hall–Kier alpha value is -2.69. The second-order valence-electron chi connectivity index (χ2n) is 4.43. The zero-order valence-electron chi connectivity index (χ0n) is 10.7. The predicted octanol–water partition coefficient (Wildman–Crippen LogP) is 2.96. The van der Waals surface area contributed by atoms with Gasteiger partial charge in [-0.05, 0) is 35.9 Å². The summed E-state index contributed by atoms with van der Waals surface area (Å²) in [5.41, 5.74) is 7.51. The zero-order valence-corrected chi connectivity index (χ0v) is 10.7. The van der Waals surface area contributed by atoms with Crippen molar-refractivity contribution in [1.29, 1.82) is 0 Å². The molecule has 0 aliphatic carbocycles. The molecule has 3 aromatic rings. The molecule has 2 heterocycles. The fourth-order valence-electron chi connectivity index (χ4n) is 2.11. The van der Waals surface area contributed by atoms with Crippen LogP contribution in [-0.4, -0.2) is 9.97 Å². The van der Waals surface area contributed by atoms with Crippen molar-refractivity contribution in [2.75, 3.05) is 11.1 Å². The second-order valence-corrected chi connectivity index (χ2v) is 4.43. The van der Waals surface area contributed by atoms with Crippen molar-refractivity contribution in [2.45, 2.75) is 6.54 Å². The molecule has 5 heteroatoms. The Morgan fingerprint density at radius 2 is 1.85 bits per heavy atom. The molecule has 0 atom stereocenters. The minimum Gasteiger partial charge on any atom is -0.398 e. The Morgan fingerprint density at radius 3 is 2.65 bits per heavy atom. The molecule has 1 aromatic carbocycles. The number of nitrogens with one attached hydrogen (secondary N) is 1. The number of nitrogens with two attached hydrogens (primary N) is 1. The van der Waals surface area contributed by atoms with Crippen LogP contribution in [0.2, 0.25) is 0 Å². The first-order chi connectivity index (χ1) is 9.75. The maximum atomic E-state index is 13.8. The van der Waals surface area contributed by atoms with Gasteiger partial charge in [-0.25, -0.2) is 9.37 Å². The fourth-order valence-corrected chi connectivity index (χ4v) is 2.11. The number of nitrogen functional groups attached to an aromatic ring is 1. The van der Waals surface area contributed by atoms with Crippen LogP contribution in [0.4, 0.5) is 15.9 Å². The van der Waals surface area contributed by atoms with E-state index < -0.39 is 0 Å². The van der Waals surface area contributed by atoms with Gasteiger partial charge in [-0.15, -0.1) is 0 Å². The lowest BCUT2D eigenvalue weighted by atomic mass is 10.1. The van der Waals surface area contributed by atoms with Crippen LogP contribution in [0.15, 0.2) is 48.9 Å². The predicted molar refractivity (Wildman–Crippen MR) is 77.7 cm³/mol. The van der Waals surface area contributed by atoms with Crippen molar-refractivity contribution in [3.05, 3.63) is 60.3 Å². The molecule has 0 unspecified atom stereocenters. The van der Waals surface area contributed by atoms with E-state index in [1.165, 1.54) is 6.07 Å². The van der Waals surface area contributed by atoms with Gasteiger partial charge >= 0.3 is 0 Å². The van der Waals surface area contributed by atoms with Gasteiger partial charge in [-0.1, -0.05) is 0 Å². The van der Waals surface area contributed by atoms with Crippen molar-refractivity contribution in [3.8, 4) is 0 Å². The Balaban J connectivity index is 1.98. The van der Waals surface area contributed by atoms with Crippen LogP contribution < -0.4 is 11.1 Å². The van der Waals surface area contributed by atoms with Gasteiger partial charge in [0.2, 0.25) is 0 Å². The number of benzene rings is 1. The summed E-state index contributed by atoms with van der Waals surface area (Å²) in [6.45, 7) is 0.574. The second kappa shape index (κ2) is 5.13. The first kappa shape index (κ1) is 12.3. The smallest absolute Gasteiger partial charge is 0.136 e. The van der Waals surface area contributed by atoms with Crippen molar-refractivity contribution in [1.82, 2.24) is 9.97 Å². The summed E-state index contributed by atoms with van der Waals surface area (Å²) in [6, 6.07) is 8.35. The quantitative estimate of drug-likeness (QED) is 0.717. The number of hydrogen-bond donors (Lipinski definition) is 2. The van der Waals surface area contributed by atoms with Crippen LogP contribution in [0.1, 0.15) is 5.56 Å². The summed E-state index contributed by atoms with van der Waals surface area (Å²) < 4.78 is 13.8. The van der Waals surface area contributed by atoms with Gasteiger partial charge in [0.25, 0.3) is 0 Å². The van der Waals surface area contributed by atoms with Gasteiger partial charge < -0.3 is 11.1 Å². The number of pyridine rings is 2. The molecule has 0 aliphatic rings. The van der Waals surface area contributed by atoms with E-state index in [0.29, 0.717) is 28.8 Å². The summed E-state index contributed by atoms with van der Waals surface area (Å²) in [7, 11) is 0. The number of rotatable bonds is 3. The van der Waals surface area contributed by atoms with Gasteiger partial charge in [-0.3, -0.25) is 4.98 Å². The maximum absolute atomic E-state index is 13.8. The average molecular weight is 268 g/mol. The standard InChI is InChI=1S/C15H13FN4/c16-12-1-2-13(17)14-11(12)5-8-19-15(14)20-9-10-3-6-18-7-4-10/h1-8H,9,17H2,(H,19,20). The highest BCUT2D eigenvalue weighted by molar-refractivity contribution is 6.00. The number of aromatic nitrogens is 2. The number of anilines is 2. The average Bonchev–Trinajstić information content (AvgIpc) is 2.50. The van der Waals surface area contributed by atoms with E-state index in [-0.39, 0.29) is 5.82 Å². The van der Waals surface area contributed by atoms with E-state index >= 15 is 0 Å². The summed E-state index contributed by atoms with van der Waals surface area (Å²) in [4.78, 5) is 8.21. The molecular formula is C15H13FN4. The van der Waals surface area contributed by atoms with Crippen LogP contribution >= 0.6 is 0 Å². The monoisotopic (exact) mass is 268 g/mol. The van der Waals surface area contributed by atoms with Crippen molar-refractivity contribution in [3.63, 3.8) is 0 Å². The van der Waals surface area contributed by atoms with Crippen molar-refractivity contribution < 1.29 is 4.39 Å². The van der Waals surface area contributed by atoms with E-state index in [0.717, 1.165) is 5.56 Å². The van der Waals surface area contributed by atoms with E-state index in [2.05, 4.69) is 15.3 Å². The fraction of sp³-hybridized carbons (Fsp3) is 0.0667. The Bertz CT molecular complexity index is 743. The molecule has 3 rings (SSSR count). The summed E-state index contributed by atoms with van der Waals surface area (Å²) in [6.07, 6.45) is 5.02. The lowest BCUT2D eigenvalue weighted by molar-refractivity contribution is 0.640. The van der Waals surface area contributed by atoms with Gasteiger partial charge in [0, 0.05) is 36.2 Å². The maximum Gasteiger partial charge on any atom is 0.136 e. The third-order valence-corrected chi connectivity index (χ3v) is 3.12. The number of halogens is 1. The first-order valence-corrected chi connectivity index (χ1v) is 6.21. The molecule has 0 amide bonds. The van der Waals surface area contributed by atoms with Crippen molar-refractivity contribution in [2.24, 2.45) is 0 Å². The van der Waals surface area contributed by atoms with Crippen LogP contribution in [0, 0.1) is 5.82 Å². The van der Waals surface area contributed by atoms with Crippen LogP contribution in [0.25, 0.3) is 10.8 Å². The molecule has 0 saturated carbocycles. The lowest BCUT2D eigenvalue weighted by Gasteiger charge is -2.11. The van der Waals surface area contributed by atoms with Gasteiger partial charge in [-0.2, -0.15) is 0 Å². The molecule has 3 N–H and O–H groups in total. The van der Waals surface area contributed by atoms with Crippen LogP contribution in [0.3, 0.4) is 0 Å². The molecule has 0 fully saturated rings. The summed E-state index contributed by atoms with van der Waals surface area (Å²) in [5, 5.41) is 4.27. The Morgan fingerprint density at radius 1 is 1.05 bits per heavy atom.